The van der Waals surface area contributed by atoms with Crippen molar-refractivity contribution < 1.29 is 14.6 Å². The van der Waals surface area contributed by atoms with E-state index in [1.807, 2.05) is 30.9 Å². The SMILES string of the molecule is CC(C)N(CCCOc1ccc(Cl)cc1)CC(=O)O. The zero-order valence-corrected chi connectivity index (χ0v) is 12.1. The Labute approximate surface area is 118 Å². The molecule has 0 fully saturated rings. The Morgan fingerprint density at radius 1 is 1.37 bits per heavy atom. The van der Waals surface area contributed by atoms with E-state index in [4.69, 9.17) is 21.4 Å². The molecule has 0 saturated carbocycles. The van der Waals surface area contributed by atoms with Crippen molar-refractivity contribution in [2.24, 2.45) is 0 Å². The lowest BCUT2D eigenvalue weighted by Gasteiger charge is -2.24. The van der Waals surface area contributed by atoms with E-state index < -0.39 is 5.97 Å². The molecule has 0 aromatic heterocycles. The molecule has 19 heavy (non-hydrogen) atoms. The molecule has 1 rings (SSSR count). The molecule has 5 heteroatoms. The highest BCUT2D eigenvalue weighted by Gasteiger charge is 2.12. The maximum atomic E-state index is 10.7. The summed E-state index contributed by atoms with van der Waals surface area (Å²) in [5, 5.41) is 9.49. The van der Waals surface area contributed by atoms with Crippen molar-refractivity contribution in [2.75, 3.05) is 19.7 Å². The first-order valence-electron chi connectivity index (χ1n) is 6.33. The van der Waals surface area contributed by atoms with E-state index in [-0.39, 0.29) is 12.6 Å². The summed E-state index contributed by atoms with van der Waals surface area (Å²) in [5.41, 5.74) is 0. The van der Waals surface area contributed by atoms with Crippen molar-refractivity contribution in [1.82, 2.24) is 4.90 Å². The first kappa shape index (κ1) is 15.8. The molecule has 0 bridgehead atoms. The summed E-state index contributed by atoms with van der Waals surface area (Å²) in [6, 6.07) is 7.41. The van der Waals surface area contributed by atoms with Gasteiger partial charge in [0, 0.05) is 17.6 Å². The Balaban J connectivity index is 2.28. The van der Waals surface area contributed by atoms with Crippen LogP contribution in [-0.2, 0) is 4.79 Å². The minimum atomic E-state index is -0.799. The summed E-state index contributed by atoms with van der Waals surface area (Å²) in [4.78, 5) is 12.6. The Kier molecular flexibility index (Phi) is 6.67. The molecule has 0 aliphatic heterocycles. The zero-order chi connectivity index (χ0) is 14.3. The van der Waals surface area contributed by atoms with Crippen molar-refractivity contribution in [3.05, 3.63) is 29.3 Å². The van der Waals surface area contributed by atoms with Crippen LogP contribution in [0.3, 0.4) is 0 Å². The number of carboxylic acids is 1. The number of hydrogen-bond acceptors (Lipinski definition) is 3. The zero-order valence-electron chi connectivity index (χ0n) is 11.3. The van der Waals surface area contributed by atoms with Crippen LogP contribution in [0.5, 0.6) is 5.75 Å². The Bertz CT molecular complexity index is 392. The van der Waals surface area contributed by atoms with Crippen molar-refractivity contribution in [2.45, 2.75) is 26.3 Å². The van der Waals surface area contributed by atoms with E-state index >= 15 is 0 Å². The largest absolute Gasteiger partial charge is 0.494 e. The van der Waals surface area contributed by atoms with Gasteiger partial charge in [0.25, 0.3) is 0 Å². The molecule has 4 nitrogen and oxygen atoms in total. The summed E-state index contributed by atoms with van der Waals surface area (Å²) >= 11 is 5.78. The highest BCUT2D eigenvalue weighted by molar-refractivity contribution is 6.30. The van der Waals surface area contributed by atoms with Gasteiger partial charge in [-0.15, -0.1) is 0 Å². The average Bonchev–Trinajstić information content (AvgIpc) is 2.34. The van der Waals surface area contributed by atoms with E-state index in [0.29, 0.717) is 18.2 Å². The number of aliphatic carboxylic acids is 1. The number of ether oxygens (including phenoxy) is 1. The van der Waals surface area contributed by atoms with E-state index in [2.05, 4.69) is 0 Å². The number of rotatable bonds is 8. The van der Waals surface area contributed by atoms with E-state index in [1.54, 1.807) is 12.1 Å². The smallest absolute Gasteiger partial charge is 0.317 e. The van der Waals surface area contributed by atoms with Crippen LogP contribution in [-0.4, -0.2) is 41.7 Å². The lowest BCUT2D eigenvalue weighted by atomic mass is 10.3. The van der Waals surface area contributed by atoms with Gasteiger partial charge in [-0.25, -0.2) is 0 Å². The standard InChI is InChI=1S/C14H20ClNO3/c1-11(2)16(10-14(17)18)8-3-9-19-13-6-4-12(15)5-7-13/h4-7,11H,3,8-10H2,1-2H3,(H,17,18). The second-order valence-corrected chi connectivity index (χ2v) is 5.05. The van der Waals surface area contributed by atoms with E-state index in [9.17, 15) is 4.79 Å². The van der Waals surface area contributed by atoms with Gasteiger partial charge in [0.05, 0.1) is 13.2 Å². The molecule has 0 amide bonds. The first-order chi connectivity index (χ1) is 8.99. The summed E-state index contributed by atoms with van der Waals surface area (Å²) in [6.07, 6.45) is 0.786. The number of nitrogens with zero attached hydrogens (tertiary/aromatic N) is 1. The molecule has 1 aromatic rings. The van der Waals surface area contributed by atoms with Gasteiger partial charge in [-0.2, -0.15) is 0 Å². The minimum absolute atomic E-state index is 0.0681. The molecular formula is C14H20ClNO3. The second-order valence-electron chi connectivity index (χ2n) is 4.61. The lowest BCUT2D eigenvalue weighted by molar-refractivity contribution is -0.138. The van der Waals surface area contributed by atoms with Gasteiger partial charge in [0.15, 0.2) is 0 Å². The van der Waals surface area contributed by atoms with E-state index in [1.165, 1.54) is 0 Å². The molecular weight excluding hydrogens is 266 g/mol. The Morgan fingerprint density at radius 2 is 2.00 bits per heavy atom. The summed E-state index contributed by atoms with van der Waals surface area (Å²) in [6.45, 7) is 5.31. The van der Waals surface area contributed by atoms with E-state index in [0.717, 1.165) is 12.2 Å². The van der Waals surface area contributed by atoms with Crippen molar-refractivity contribution in [1.29, 1.82) is 0 Å². The third-order valence-electron chi connectivity index (χ3n) is 2.74. The maximum Gasteiger partial charge on any atom is 0.317 e. The average molecular weight is 286 g/mol. The van der Waals surface area contributed by atoms with Gasteiger partial charge in [-0.05, 0) is 44.5 Å². The number of hydrogen-bond donors (Lipinski definition) is 1. The number of carboxylic acid groups (broad SMARTS) is 1. The monoisotopic (exact) mass is 285 g/mol. The fourth-order valence-electron chi connectivity index (χ4n) is 1.68. The minimum Gasteiger partial charge on any atom is -0.494 e. The Hall–Kier alpha value is -1.26. The van der Waals surface area contributed by atoms with Gasteiger partial charge in [-0.1, -0.05) is 11.6 Å². The van der Waals surface area contributed by atoms with Crippen LogP contribution >= 0.6 is 11.6 Å². The molecule has 0 aliphatic carbocycles. The van der Waals surface area contributed by atoms with Gasteiger partial charge >= 0.3 is 5.97 Å². The second kappa shape index (κ2) is 8.02. The van der Waals surface area contributed by atoms with Crippen LogP contribution in [0.15, 0.2) is 24.3 Å². The third kappa shape index (κ3) is 6.45. The summed E-state index contributed by atoms with van der Waals surface area (Å²) < 4.78 is 5.56. The number of halogens is 1. The molecule has 0 spiro atoms. The molecule has 1 aromatic carbocycles. The van der Waals surface area contributed by atoms with Gasteiger partial charge in [-0.3, -0.25) is 9.69 Å². The highest BCUT2D eigenvalue weighted by atomic mass is 35.5. The molecule has 0 radical (unpaired) electrons. The predicted molar refractivity (Wildman–Crippen MR) is 75.9 cm³/mol. The highest BCUT2D eigenvalue weighted by Crippen LogP contribution is 2.15. The van der Waals surface area contributed by atoms with Gasteiger partial charge in [0.2, 0.25) is 0 Å². The molecule has 0 unspecified atom stereocenters. The van der Waals surface area contributed by atoms with Crippen LogP contribution < -0.4 is 4.74 Å². The van der Waals surface area contributed by atoms with Gasteiger partial charge < -0.3 is 9.84 Å². The fraction of sp³-hybridized carbons (Fsp3) is 0.500. The van der Waals surface area contributed by atoms with Crippen LogP contribution in [0.2, 0.25) is 5.02 Å². The normalized spacial score (nSPS) is 11.0. The summed E-state index contributed by atoms with van der Waals surface area (Å²) in [7, 11) is 0. The quantitative estimate of drug-likeness (QED) is 0.746. The van der Waals surface area contributed by atoms with Gasteiger partial charge in [0.1, 0.15) is 5.75 Å². The first-order valence-corrected chi connectivity index (χ1v) is 6.71. The fourth-order valence-corrected chi connectivity index (χ4v) is 1.81. The topological polar surface area (TPSA) is 49.8 Å². The predicted octanol–water partition coefficient (Wildman–Crippen LogP) is 2.90. The van der Waals surface area contributed by atoms with Crippen LogP contribution in [0, 0.1) is 0 Å². The van der Waals surface area contributed by atoms with Crippen LogP contribution in [0.25, 0.3) is 0 Å². The van der Waals surface area contributed by atoms with Crippen LogP contribution in [0.4, 0.5) is 0 Å². The lowest BCUT2D eigenvalue weighted by Crippen LogP contribution is -2.36. The molecule has 0 aliphatic rings. The van der Waals surface area contributed by atoms with Crippen molar-refractivity contribution >= 4 is 17.6 Å². The molecule has 106 valence electrons. The summed E-state index contributed by atoms with van der Waals surface area (Å²) in [5.74, 6) is -0.0222. The molecule has 0 saturated heterocycles. The number of carbonyl (C=O) groups is 1. The molecule has 0 atom stereocenters. The van der Waals surface area contributed by atoms with Crippen molar-refractivity contribution in [3.8, 4) is 5.75 Å². The Morgan fingerprint density at radius 3 is 2.53 bits per heavy atom. The third-order valence-corrected chi connectivity index (χ3v) is 2.99. The molecule has 0 heterocycles. The van der Waals surface area contributed by atoms with Crippen molar-refractivity contribution in [3.63, 3.8) is 0 Å². The van der Waals surface area contributed by atoms with Crippen LogP contribution in [0.1, 0.15) is 20.3 Å². The maximum absolute atomic E-state index is 10.7. The number of benzene rings is 1. The molecule has 1 N–H and O–H groups in total.